The lowest BCUT2D eigenvalue weighted by Gasteiger charge is -2.26. The van der Waals surface area contributed by atoms with Crippen LogP contribution < -0.4 is 5.32 Å². The van der Waals surface area contributed by atoms with Crippen LogP contribution in [0, 0.1) is 17.8 Å². The highest BCUT2D eigenvalue weighted by Crippen LogP contribution is 2.32. The molecule has 3 rings (SSSR count). The van der Waals surface area contributed by atoms with Gasteiger partial charge in [0.05, 0.1) is 13.2 Å². The van der Waals surface area contributed by atoms with Crippen LogP contribution in [0.15, 0.2) is 12.2 Å². The second-order valence-corrected chi connectivity index (χ2v) is 7.19. The Labute approximate surface area is 133 Å². The second kappa shape index (κ2) is 6.59. The fourth-order valence-corrected chi connectivity index (χ4v) is 3.93. The number of fused-ring (bicyclic) bond motifs is 1. The summed E-state index contributed by atoms with van der Waals surface area (Å²) in [6.45, 7) is 7.92. The zero-order chi connectivity index (χ0) is 15.6. The Kier molecular flexibility index (Phi) is 4.73. The zero-order valence-corrected chi connectivity index (χ0v) is 13.7. The second-order valence-electron chi connectivity index (χ2n) is 7.19. The van der Waals surface area contributed by atoms with Crippen molar-refractivity contribution in [2.45, 2.75) is 38.9 Å². The minimum atomic E-state index is -0.474. The molecule has 5 heteroatoms. The summed E-state index contributed by atoms with van der Waals surface area (Å²) >= 11 is 0. The van der Waals surface area contributed by atoms with Crippen LogP contribution >= 0.6 is 0 Å². The monoisotopic (exact) mass is 308 g/mol. The Morgan fingerprint density at radius 2 is 1.86 bits per heavy atom. The number of rotatable bonds is 4. The number of ether oxygens (including phenoxy) is 2. The molecular weight excluding hydrogens is 280 g/mol. The van der Waals surface area contributed by atoms with E-state index < -0.39 is 5.79 Å². The third-order valence-corrected chi connectivity index (χ3v) is 5.13. The van der Waals surface area contributed by atoms with Crippen molar-refractivity contribution in [3.8, 4) is 0 Å². The van der Waals surface area contributed by atoms with Gasteiger partial charge in [0, 0.05) is 26.1 Å². The first-order valence-electron chi connectivity index (χ1n) is 8.51. The number of nitrogens with one attached hydrogen (secondary N) is 1. The van der Waals surface area contributed by atoms with Crippen molar-refractivity contribution in [3.05, 3.63) is 12.2 Å². The molecule has 0 radical (unpaired) electrons. The number of urea groups is 1. The van der Waals surface area contributed by atoms with Gasteiger partial charge in [0.1, 0.15) is 0 Å². The predicted octanol–water partition coefficient (Wildman–Crippen LogP) is 2.38. The van der Waals surface area contributed by atoms with Gasteiger partial charge >= 0.3 is 6.03 Å². The zero-order valence-electron chi connectivity index (χ0n) is 13.7. The molecule has 2 saturated heterocycles. The highest BCUT2D eigenvalue weighted by atomic mass is 16.7. The number of carbonyl (C=O) groups is 1. The first-order chi connectivity index (χ1) is 10.6. The number of hydrogen-bond donors (Lipinski definition) is 1. The molecule has 2 fully saturated rings. The largest absolute Gasteiger partial charge is 0.348 e. The standard InChI is InChI=1S/C17H28N2O3/c1-13(9-17(2)21-7-8-22-17)10-18-16(20)19-11-14-5-3-4-6-15(14)12-19/h3-4,13-15H,5-12H2,1-2H3,(H,18,20)/t13-,14-,15-/m0/s1. The minimum Gasteiger partial charge on any atom is -0.348 e. The van der Waals surface area contributed by atoms with Crippen molar-refractivity contribution >= 4 is 6.03 Å². The molecule has 0 aromatic rings. The van der Waals surface area contributed by atoms with Crippen molar-refractivity contribution in [2.24, 2.45) is 17.8 Å². The molecule has 5 nitrogen and oxygen atoms in total. The Morgan fingerprint density at radius 3 is 2.45 bits per heavy atom. The molecule has 0 aromatic carbocycles. The van der Waals surface area contributed by atoms with E-state index in [1.54, 1.807) is 0 Å². The molecule has 0 unspecified atom stereocenters. The van der Waals surface area contributed by atoms with Crippen LogP contribution in [-0.2, 0) is 9.47 Å². The summed E-state index contributed by atoms with van der Waals surface area (Å²) in [5.41, 5.74) is 0. The first-order valence-corrected chi connectivity index (χ1v) is 8.51. The van der Waals surface area contributed by atoms with Crippen LogP contribution in [0.25, 0.3) is 0 Å². The van der Waals surface area contributed by atoms with Crippen LogP contribution in [0.5, 0.6) is 0 Å². The average molecular weight is 308 g/mol. The van der Waals surface area contributed by atoms with Crippen molar-refractivity contribution < 1.29 is 14.3 Å². The minimum absolute atomic E-state index is 0.0830. The van der Waals surface area contributed by atoms with E-state index >= 15 is 0 Å². The topological polar surface area (TPSA) is 50.8 Å². The quantitative estimate of drug-likeness (QED) is 0.811. The third-order valence-electron chi connectivity index (χ3n) is 5.13. The molecule has 124 valence electrons. The van der Waals surface area contributed by atoms with Crippen molar-refractivity contribution in [1.82, 2.24) is 10.2 Å². The van der Waals surface area contributed by atoms with Gasteiger partial charge < -0.3 is 19.7 Å². The van der Waals surface area contributed by atoms with Gasteiger partial charge in [0.2, 0.25) is 0 Å². The molecule has 1 aliphatic carbocycles. The molecule has 0 spiro atoms. The Bertz CT molecular complexity index is 416. The van der Waals surface area contributed by atoms with E-state index in [0.717, 1.165) is 32.4 Å². The van der Waals surface area contributed by atoms with E-state index in [4.69, 9.17) is 9.47 Å². The lowest BCUT2D eigenvalue weighted by Crippen LogP contribution is -2.41. The maximum Gasteiger partial charge on any atom is 0.317 e. The maximum absolute atomic E-state index is 12.3. The molecule has 2 aliphatic heterocycles. The normalized spacial score (nSPS) is 31.1. The summed E-state index contributed by atoms with van der Waals surface area (Å²) in [6.07, 6.45) is 7.57. The Morgan fingerprint density at radius 1 is 1.27 bits per heavy atom. The summed E-state index contributed by atoms with van der Waals surface area (Å²) in [5.74, 6) is 1.18. The molecule has 2 amide bonds. The highest BCUT2D eigenvalue weighted by molar-refractivity contribution is 5.74. The Hall–Kier alpha value is -1.07. The van der Waals surface area contributed by atoms with Gasteiger partial charge in [0.15, 0.2) is 5.79 Å². The number of likely N-dealkylation sites (tertiary alicyclic amines) is 1. The van der Waals surface area contributed by atoms with E-state index in [1.165, 1.54) is 0 Å². The summed E-state index contributed by atoms with van der Waals surface area (Å²) in [5, 5.41) is 3.08. The average Bonchev–Trinajstić information content (AvgIpc) is 3.10. The van der Waals surface area contributed by atoms with Gasteiger partial charge in [-0.05, 0) is 37.5 Å². The van der Waals surface area contributed by atoms with Crippen LogP contribution in [-0.4, -0.2) is 49.6 Å². The van der Waals surface area contributed by atoms with Crippen molar-refractivity contribution in [2.75, 3.05) is 32.8 Å². The summed E-state index contributed by atoms with van der Waals surface area (Å²) in [7, 11) is 0. The number of amides is 2. The van der Waals surface area contributed by atoms with Gasteiger partial charge in [-0.3, -0.25) is 0 Å². The van der Waals surface area contributed by atoms with Crippen LogP contribution in [0.4, 0.5) is 4.79 Å². The van der Waals surface area contributed by atoms with E-state index in [0.29, 0.717) is 37.5 Å². The van der Waals surface area contributed by atoms with E-state index in [9.17, 15) is 4.79 Å². The fourth-order valence-electron chi connectivity index (χ4n) is 3.93. The SMILES string of the molecule is C[C@H](CNC(=O)N1C[C@@H]2CC=CC[C@H]2C1)CC1(C)OCCO1. The lowest BCUT2D eigenvalue weighted by atomic mass is 9.86. The predicted molar refractivity (Wildman–Crippen MR) is 84.4 cm³/mol. The first kappa shape index (κ1) is 15.8. The van der Waals surface area contributed by atoms with Gasteiger partial charge in [0.25, 0.3) is 0 Å². The van der Waals surface area contributed by atoms with Gasteiger partial charge in [-0.15, -0.1) is 0 Å². The highest BCUT2D eigenvalue weighted by Gasteiger charge is 2.36. The molecule has 0 aromatic heterocycles. The summed E-state index contributed by atoms with van der Waals surface area (Å²) < 4.78 is 11.3. The molecule has 22 heavy (non-hydrogen) atoms. The molecule has 3 atom stereocenters. The van der Waals surface area contributed by atoms with Crippen LogP contribution in [0.3, 0.4) is 0 Å². The molecule has 2 heterocycles. The van der Waals surface area contributed by atoms with Gasteiger partial charge in [-0.1, -0.05) is 19.1 Å². The maximum atomic E-state index is 12.3. The van der Waals surface area contributed by atoms with E-state index in [1.807, 2.05) is 11.8 Å². The van der Waals surface area contributed by atoms with E-state index in [-0.39, 0.29) is 6.03 Å². The third kappa shape index (κ3) is 3.63. The number of nitrogens with zero attached hydrogens (tertiary/aromatic N) is 1. The lowest BCUT2D eigenvalue weighted by molar-refractivity contribution is -0.153. The molecule has 0 saturated carbocycles. The van der Waals surface area contributed by atoms with Crippen LogP contribution in [0.2, 0.25) is 0 Å². The molecule has 0 bridgehead atoms. The number of allylic oxidation sites excluding steroid dienone is 2. The Balaban J connectivity index is 1.41. The summed E-state index contributed by atoms with van der Waals surface area (Å²) in [4.78, 5) is 14.3. The number of carbonyl (C=O) groups excluding carboxylic acids is 1. The molecule has 3 aliphatic rings. The summed E-state index contributed by atoms with van der Waals surface area (Å²) in [6, 6.07) is 0.0830. The van der Waals surface area contributed by atoms with Crippen LogP contribution in [0.1, 0.15) is 33.1 Å². The fraction of sp³-hybridized carbons (Fsp3) is 0.824. The van der Waals surface area contributed by atoms with E-state index in [2.05, 4.69) is 24.4 Å². The number of hydrogen-bond acceptors (Lipinski definition) is 3. The van der Waals surface area contributed by atoms with Crippen molar-refractivity contribution in [1.29, 1.82) is 0 Å². The molecule has 1 N–H and O–H groups in total. The molecular formula is C17H28N2O3. The van der Waals surface area contributed by atoms with Crippen molar-refractivity contribution in [3.63, 3.8) is 0 Å². The van der Waals surface area contributed by atoms with Gasteiger partial charge in [-0.25, -0.2) is 4.79 Å². The smallest absolute Gasteiger partial charge is 0.317 e. The van der Waals surface area contributed by atoms with Gasteiger partial charge in [-0.2, -0.15) is 0 Å².